The molecule has 6 nitrogen and oxygen atoms in total. The maximum atomic E-state index is 5.99. The van der Waals surface area contributed by atoms with Crippen LogP contribution in [0.15, 0.2) is 24.5 Å². The van der Waals surface area contributed by atoms with Gasteiger partial charge in [0.2, 0.25) is 5.88 Å². The molecular formula is C21H28N4O2. The number of piperazine rings is 1. The highest BCUT2D eigenvalue weighted by molar-refractivity contribution is 5.86. The van der Waals surface area contributed by atoms with Crippen LogP contribution in [-0.4, -0.2) is 67.4 Å². The van der Waals surface area contributed by atoms with Crippen LogP contribution in [-0.2, 0) is 4.74 Å². The minimum Gasteiger partial charge on any atom is -0.477 e. The fourth-order valence-corrected chi connectivity index (χ4v) is 4.10. The lowest BCUT2D eigenvalue weighted by Crippen LogP contribution is -2.47. The molecule has 1 aliphatic carbocycles. The van der Waals surface area contributed by atoms with Crippen LogP contribution in [0.4, 0.5) is 5.69 Å². The fraction of sp³-hybridized carbons (Fsp3) is 0.619. The predicted molar refractivity (Wildman–Crippen MR) is 105 cm³/mol. The van der Waals surface area contributed by atoms with Crippen molar-refractivity contribution in [1.29, 1.82) is 0 Å². The third-order valence-corrected chi connectivity index (χ3v) is 6.01. The van der Waals surface area contributed by atoms with Gasteiger partial charge in [-0.15, -0.1) is 0 Å². The Kier molecular flexibility index (Phi) is 4.84. The molecule has 0 bridgehead atoms. The summed E-state index contributed by atoms with van der Waals surface area (Å²) >= 11 is 0. The number of rotatable bonds is 6. The number of anilines is 1. The molecule has 0 amide bonds. The van der Waals surface area contributed by atoms with Gasteiger partial charge < -0.3 is 14.4 Å². The van der Waals surface area contributed by atoms with Crippen LogP contribution < -0.4 is 9.64 Å². The van der Waals surface area contributed by atoms with E-state index in [1.54, 1.807) is 6.33 Å². The Morgan fingerprint density at radius 1 is 1.04 bits per heavy atom. The van der Waals surface area contributed by atoms with E-state index in [9.17, 15) is 0 Å². The summed E-state index contributed by atoms with van der Waals surface area (Å²) < 4.78 is 11.5. The Morgan fingerprint density at radius 2 is 1.93 bits per heavy atom. The highest BCUT2D eigenvalue weighted by Crippen LogP contribution is 2.32. The Bertz CT molecular complexity index is 781. The third-order valence-electron chi connectivity index (χ3n) is 6.01. The maximum Gasteiger partial charge on any atom is 0.224 e. The quantitative estimate of drug-likeness (QED) is 0.781. The van der Waals surface area contributed by atoms with Crippen molar-refractivity contribution in [2.24, 2.45) is 11.8 Å². The highest BCUT2D eigenvalue weighted by Gasteiger charge is 2.24. The van der Waals surface area contributed by atoms with Gasteiger partial charge in [-0.2, -0.15) is 0 Å². The van der Waals surface area contributed by atoms with Gasteiger partial charge in [0.05, 0.1) is 24.1 Å². The summed E-state index contributed by atoms with van der Waals surface area (Å²) in [7, 11) is 0. The lowest BCUT2D eigenvalue weighted by molar-refractivity contribution is 0.164. The fourth-order valence-electron chi connectivity index (χ4n) is 4.10. The van der Waals surface area contributed by atoms with Gasteiger partial charge in [-0.05, 0) is 49.3 Å². The minimum absolute atomic E-state index is 0.719. The van der Waals surface area contributed by atoms with E-state index >= 15 is 0 Å². The topological polar surface area (TPSA) is 50.7 Å². The Hall–Kier alpha value is -1.92. The summed E-state index contributed by atoms with van der Waals surface area (Å²) in [5, 5.41) is 1.03. The standard InChI is InChI=1S/C21H28N4O2/c1-2-16(1)14-27-21-19-11-18(3-4-20(19)22-15-23-21)25-8-6-24(7-9-25)12-17-5-10-26-13-17/h3-4,11,15-17H,1-2,5-10,12-14H2. The second kappa shape index (κ2) is 7.60. The van der Waals surface area contributed by atoms with Gasteiger partial charge in [0.1, 0.15) is 6.33 Å². The second-order valence-corrected chi connectivity index (χ2v) is 8.15. The first kappa shape index (κ1) is 17.2. The molecule has 2 aromatic rings. The van der Waals surface area contributed by atoms with Crippen LogP contribution in [0.1, 0.15) is 19.3 Å². The summed E-state index contributed by atoms with van der Waals surface area (Å²) in [6.07, 6.45) is 5.39. The van der Waals surface area contributed by atoms with Crippen molar-refractivity contribution < 1.29 is 9.47 Å². The largest absolute Gasteiger partial charge is 0.477 e. The first-order chi connectivity index (χ1) is 13.3. The molecular weight excluding hydrogens is 340 g/mol. The number of benzene rings is 1. The van der Waals surface area contributed by atoms with Crippen molar-refractivity contribution in [1.82, 2.24) is 14.9 Å². The molecule has 1 aromatic carbocycles. The van der Waals surface area contributed by atoms with Crippen molar-refractivity contribution in [2.45, 2.75) is 19.3 Å². The highest BCUT2D eigenvalue weighted by atomic mass is 16.5. The summed E-state index contributed by atoms with van der Waals surface area (Å²) in [6, 6.07) is 6.48. The first-order valence-corrected chi connectivity index (χ1v) is 10.3. The molecule has 27 heavy (non-hydrogen) atoms. The molecule has 0 radical (unpaired) electrons. The molecule has 0 N–H and O–H groups in total. The van der Waals surface area contributed by atoms with E-state index in [0.29, 0.717) is 0 Å². The molecule has 1 atom stereocenters. The Labute approximate surface area is 160 Å². The van der Waals surface area contributed by atoms with Crippen LogP contribution in [0.2, 0.25) is 0 Å². The minimum atomic E-state index is 0.719. The van der Waals surface area contributed by atoms with Crippen LogP contribution in [0.5, 0.6) is 5.88 Å². The second-order valence-electron chi connectivity index (χ2n) is 8.15. The predicted octanol–water partition coefficient (Wildman–Crippen LogP) is 2.58. The molecule has 6 heteroatoms. The van der Waals surface area contributed by atoms with E-state index in [1.807, 2.05) is 0 Å². The molecule has 5 rings (SSSR count). The summed E-state index contributed by atoms with van der Waals surface area (Å²) in [6.45, 7) is 8.19. The molecule has 2 saturated heterocycles. The number of fused-ring (bicyclic) bond motifs is 1. The monoisotopic (exact) mass is 368 g/mol. The van der Waals surface area contributed by atoms with Crippen LogP contribution in [0.3, 0.4) is 0 Å². The van der Waals surface area contributed by atoms with Gasteiger partial charge in [0.25, 0.3) is 0 Å². The van der Waals surface area contributed by atoms with Gasteiger partial charge >= 0.3 is 0 Å². The molecule has 2 aliphatic heterocycles. The van der Waals surface area contributed by atoms with Gasteiger partial charge in [-0.25, -0.2) is 9.97 Å². The van der Waals surface area contributed by atoms with E-state index in [2.05, 4.69) is 38.0 Å². The molecule has 0 spiro atoms. The maximum absolute atomic E-state index is 5.99. The summed E-state index contributed by atoms with van der Waals surface area (Å²) in [5.41, 5.74) is 2.21. The molecule has 3 aliphatic rings. The van der Waals surface area contributed by atoms with E-state index in [4.69, 9.17) is 9.47 Å². The number of aromatic nitrogens is 2. The van der Waals surface area contributed by atoms with Gasteiger partial charge in [0.15, 0.2) is 0 Å². The lowest BCUT2D eigenvalue weighted by Gasteiger charge is -2.37. The number of nitrogens with zero attached hydrogens (tertiary/aromatic N) is 4. The molecule has 144 valence electrons. The smallest absolute Gasteiger partial charge is 0.224 e. The average molecular weight is 368 g/mol. The normalized spacial score (nSPS) is 23.9. The van der Waals surface area contributed by atoms with Crippen LogP contribution in [0, 0.1) is 11.8 Å². The average Bonchev–Trinajstić information content (AvgIpc) is 3.41. The van der Waals surface area contributed by atoms with Crippen molar-refractivity contribution in [3.8, 4) is 5.88 Å². The Morgan fingerprint density at radius 3 is 2.70 bits per heavy atom. The van der Waals surface area contributed by atoms with Crippen molar-refractivity contribution in [2.75, 3.05) is 57.4 Å². The van der Waals surface area contributed by atoms with Gasteiger partial charge in [-0.3, -0.25) is 4.90 Å². The number of hydrogen-bond acceptors (Lipinski definition) is 6. The Balaban J connectivity index is 1.26. The number of hydrogen-bond donors (Lipinski definition) is 0. The zero-order valence-corrected chi connectivity index (χ0v) is 15.8. The van der Waals surface area contributed by atoms with Gasteiger partial charge in [0, 0.05) is 45.0 Å². The molecule has 1 unspecified atom stereocenters. The van der Waals surface area contributed by atoms with Crippen molar-refractivity contribution in [3.63, 3.8) is 0 Å². The van der Waals surface area contributed by atoms with Crippen LogP contribution >= 0.6 is 0 Å². The number of ether oxygens (including phenoxy) is 2. The summed E-state index contributed by atoms with van der Waals surface area (Å²) in [5.74, 6) is 2.17. The molecule has 1 aromatic heterocycles. The first-order valence-electron chi connectivity index (χ1n) is 10.3. The lowest BCUT2D eigenvalue weighted by atomic mass is 10.1. The molecule has 3 heterocycles. The van der Waals surface area contributed by atoms with E-state index in [-0.39, 0.29) is 0 Å². The van der Waals surface area contributed by atoms with E-state index < -0.39 is 0 Å². The zero-order chi connectivity index (χ0) is 18.1. The SMILES string of the molecule is c1nc(OCC2CC2)c2cc(N3CCN(CC4CCOC4)CC3)ccc2n1. The van der Waals surface area contributed by atoms with E-state index in [0.717, 1.165) is 74.6 Å². The van der Waals surface area contributed by atoms with Crippen LogP contribution in [0.25, 0.3) is 10.9 Å². The zero-order valence-electron chi connectivity index (χ0n) is 15.8. The van der Waals surface area contributed by atoms with Crippen molar-refractivity contribution >= 4 is 16.6 Å². The molecule has 1 saturated carbocycles. The van der Waals surface area contributed by atoms with Gasteiger partial charge in [-0.1, -0.05) is 0 Å². The third kappa shape index (κ3) is 4.01. The van der Waals surface area contributed by atoms with E-state index in [1.165, 1.54) is 31.5 Å². The summed E-state index contributed by atoms with van der Waals surface area (Å²) in [4.78, 5) is 13.9. The molecule has 3 fully saturated rings. The van der Waals surface area contributed by atoms with Crippen molar-refractivity contribution in [3.05, 3.63) is 24.5 Å².